The Morgan fingerprint density at radius 1 is 1.19 bits per heavy atom. The van der Waals surface area contributed by atoms with Gasteiger partial charge in [0.25, 0.3) is 0 Å². The van der Waals surface area contributed by atoms with E-state index in [0.717, 1.165) is 28.6 Å². The lowest BCUT2D eigenvalue weighted by molar-refractivity contribution is 0.473. The van der Waals surface area contributed by atoms with E-state index >= 15 is 0 Å². The Bertz CT molecular complexity index is 1130. The van der Waals surface area contributed by atoms with Crippen LogP contribution in [0.15, 0.2) is 40.2 Å². The number of thiocarbonyl (C=S) groups is 1. The Morgan fingerprint density at radius 3 is 2.73 bits per heavy atom. The molecule has 26 heavy (non-hydrogen) atoms. The van der Waals surface area contributed by atoms with Gasteiger partial charge in [0.15, 0.2) is 0 Å². The van der Waals surface area contributed by atoms with Crippen LogP contribution in [0, 0.1) is 6.92 Å². The molecule has 6 nitrogen and oxygen atoms in total. The maximum absolute atomic E-state index is 11.5. The summed E-state index contributed by atoms with van der Waals surface area (Å²) in [6.45, 7) is 4.06. The van der Waals surface area contributed by atoms with Gasteiger partial charge in [-0.1, -0.05) is 25.2 Å². The lowest BCUT2D eigenvalue weighted by Crippen LogP contribution is -2.20. The zero-order chi connectivity index (χ0) is 18.4. The standard InChI is InChI=1S/C19H18N4O2S/c1-3-10-7-12(15(24)6-9(10)2)17-16(18(26)23-22-17)11-4-5-13-14(8-11)21-19(25)20-13/h4-8,16,24H,3H2,1-2H3,(H,23,26)(H2,20,21,25). The third kappa shape index (κ3) is 2.61. The van der Waals surface area contributed by atoms with E-state index in [-0.39, 0.29) is 17.4 Å². The van der Waals surface area contributed by atoms with Crippen molar-refractivity contribution in [2.75, 3.05) is 0 Å². The van der Waals surface area contributed by atoms with E-state index in [4.69, 9.17) is 12.2 Å². The maximum Gasteiger partial charge on any atom is 0.323 e. The van der Waals surface area contributed by atoms with E-state index in [2.05, 4.69) is 27.4 Å². The van der Waals surface area contributed by atoms with Crippen LogP contribution >= 0.6 is 12.2 Å². The molecule has 1 atom stereocenters. The van der Waals surface area contributed by atoms with Gasteiger partial charge in [-0.2, -0.15) is 5.10 Å². The van der Waals surface area contributed by atoms with Gasteiger partial charge in [0.2, 0.25) is 0 Å². The van der Waals surface area contributed by atoms with E-state index < -0.39 is 0 Å². The third-order valence-corrected chi connectivity index (χ3v) is 5.13. The number of aryl methyl sites for hydroxylation is 2. The molecule has 132 valence electrons. The Morgan fingerprint density at radius 2 is 1.96 bits per heavy atom. The molecule has 4 N–H and O–H groups in total. The Balaban J connectivity index is 1.83. The smallest absolute Gasteiger partial charge is 0.323 e. The van der Waals surface area contributed by atoms with Gasteiger partial charge in [0.1, 0.15) is 10.7 Å². The van der Waals surface area contributed by atoms with Crippen molar-refractivity contribution >= 4 is 34.0 Å². The molecule has 0 aliphatic carbocycles. The van der Waals surface area contributed by atoms with Crippen LogP contribution in [0.4, 0.5) is 0 Å². The minimum Gasteiger partial charge on any atom is -0.507 e. The topological polar surface area (TPSA) is 93.3 Å². The molecule has 2 aromatic carbocycles. The highest BCUT2D eigenvalue weighted by Crippen LogP contribution is 2.33. The van der Waals surface area contributed by atoms with E-state index in [1.54, 1.807) is 6.07 Å². The minimum absolute atomic E-state index is 0.186. The number of phenols is 1. The predicted octanol–water partition coefficient (Wildman–Crippen LogP) is 2.85. The zero-order valence-electron chi connectivity index (χ0n) is 14.4. The SMILES string of the molecule is CCc1cc(C2=NNC(=S)C2c2ccc3[nH]c(=O)[nH]c3c2)c(O)cc1C. The summed E-state index contributed by atoms with van der Waals surface area (Å²) >= 11 is 5.47. The molecular formula is C19H18N4O2S. The number of nitrogens with one attached hydrogen (secondary N) is 3. The van der Waals surface area contributed by atoms with E-state index in [1.165, 1.54) is 0 Å². The maximum atomic E-state index is 11.5. The summed E-state index contributed by atoms with van der Waals surface area (Å²) in [5, 5.41) is 14.9. The number of hydrogen-bond donors (Lipinski definition) is 4. The van der Waals surface area contributed by atoms with Crippen LogP contribution in [-0.4, -0.2) is 25.8 Å². The van der Waals surface area contributed by atoms with Crippen molar-refractivity contribution in [1.29, 1.82) is 0 Å². The summed E-state index contributed by atoms with van der Waals surface area (Å²) in [5.41, 5.74) is 8.54. The molecule has 4 rings (SSSR count). The lowest BCUT2D eigenvalue weighted by Gasteiger charge is -2.16. The lowest BCUT2D eigenvalue weighted by atomic mass is 9.88. The molecular weight excluding hydrogens is 348 g/mol. The fraction of sp³-hybridized carbons (Fsp3) is 0.211. The van der Waals surface area contributed by atoms with Gasteiger partial charge < -0.3 is 15.1 Å². The summed E-state index contributed by atoms with van der Waals surface area (Å²) in [7, 11) is 0. The van der Waals surface area contributed by atoms with Gasteiger partial charge in [-0.05, 0) is 54.3 Å². The molecule has 0 radical (unpaired) electrons. The van der Waals surface area contributed by atoms with Crippen LogP contribution in [0.25, 0.3) is 11.0 Å². The number of imidazole rings is 1. The van der Waals surface area contributed by atoms with Crippen LogP contribution in [0.5, 0.6) is 5.75 Å². The average molecular weight is 366 g/mol. The molecule has 1 unspecified atom stereocenters. The first kappa shape index (κ1) is 16.5. The second-order valence-corrected chi connectivity index (χ2v) is 6.88. The van der Waals surface area contributed by atoms with Crippen LogP contribution in [0.2, 0.25) is 0 Å². The fourth-order valence-corrected chi connectivity index (χ4v) is 3.74. The van der Waals surface area contributed by atoms with Crippen LogP contribution in [0.3, 0.4) is 0 Å². The molecule has 0 spiro atoms. The highest BCUT2D eigenvalue weighted by molar-refractivity contribution is 7.80. The van der Waals surface area contributed by atoms with Gasteiger partial charge in [-0.15, -0.1) is 0 Å². The number of phenolic OH excluding ortho intramolecular Hbond substituents is 1. The fourth-order valence-electron chi connectivity index (χ4n) is 3.45. The number of H-pyrrole nitrogens is 2. The third-order valence-electron chi connectivity index (χ3n) is 4.81. The second-order valence-electron chi connectivity index (χ2n) is 6.44. The summed E-state index contributed by atoms with van der Waals surface area (Å²) in [6.07, 6.45) is 0.867. The van der Waals surface area contributed by atoms with E-state index in [0.29, 0.717) is 21.8 Å². The summed E-state index contributed by atoms with van der Waals surface area (Å²) in [6, 6.07) is 9.38. The number of hydrazone groups is 1. The highest BCUT2D eigenvalue weighted by Gasteiger charge is 2.31. The summed E-state index contributed by atoms with van der Waals surface area (Å²) in [5.74, 6) is -0.0998. The first-order chi connectivity index (χ1) is 12.5. The molecule has 0 amide bonds. The predicted molar refractivity (Wildman–Crippen MR) is 106 cm³/mol. The largest absolute Gasteiger partial charge is 0.507 e. The van der Waals surface area contributed by atoms with Crippen molar-refractivity contribution in [3.8, 4) is 5.75 Å². The van der Waals surface area contributed by atoms with Crippen molar-refractivity contribution < 1.29 is 5.11 Å². The quantitative estimate of drug-likeness (QED) is 0.536. The van der Waals surface area contributed by atoms with Gasteiger partial charge in [0.05, 0.1) is 22.7 Å². The minimum atomic E-state index is -0.286. The Labute approximate surface area is 155 Å². The molecule has 3 aromatic rings. The second kappa shape index (κ2) is 6.10. The molecule has 1 aromatic heterocycles. The van der Waals surface area contributed by atoms with Crippen LogP contribution in [-0.2, 0) is 6.42 Å². The van der Waals surface area contributed by atoms with Gasteiger partial charge in [0, 0.05) is 5.56 Å². The number of benzene rings is 2. The summed E-state index contributed by atoms with van der Waals surface area (Å²) in [4.78, 5) is 17.6. The number of fused-ring (bicyclic) bond motifs is 1. The molecule has 1 aliphatic heterocycles. The normalized spacial score (nSPS) is 16.8. The van der Waals surface area contributed by atoms with E-state index in [9.17, 15) is 9.90 Å². The zero-order valence-corrected chi connectivity index (χ0v) is 15.2. The van der Waals surface area contributed by atoms with Crippen molar-refractivity contribution in [2.45, 2.75) is 26.2 Å². The van der Waals surface area contributed by atoms with Crippen molar-refractivity contribution in [3.63, 3.8) is 0 Å². The van der Waals surface area contributed by atoms with Gasteiger partial charge >= 0.3 is 5.69 Å². The first-order valence-electron chi connectivity index (χ1n) is 8.40. The number of aromatic hydroxyl groups is 1. The first-order valence-corrected chi connectivity index (χ1v) is 8.81. The Hall–Kier alpha value is -2.93. The molecule has 0 bridgehead atoms. The molecule has 0 saturated carbocycles. The number of rotatable bonds is 3. The molecule has 2 heterocycles. The van der Waals surface area contributed by atoms with Crippen molar-refractivity contribution in [1.82, 2.24) is 15.4 Å². The average Bonchev–Trinajstić information content (AvgIpc) is 3.16. The summed E-state index contributed by atoms with van der Waals surface area (Å²) < 4.78 is 0. The molecule has 0 fully saturated rings. The van der Waals surface area contributed by atoms with E-state index in [1.807, 2.05) is 31.2 Å². The number of aromatic nitrogens is 2. The molecule has 1 aliphatic rings. The monoisotopic (exact) mass is 366 g/mol. The number of nitrogens with zero attached hydrogens (tertiary/aromatic N) is 1. The number of hydrogen-bond acceptors (Lipinski definition) is 4. The number of aromatic amines is 2. The van der Waals surface area contributed by atoms with Crippen molar-refractivity contribution in [2.24, 2.45) is 5.10 Å². The highest BCUT2D eigenvalue weighted by atomic mass is 32.1. The van der Waals surface area contributed by atoms with Crippen LogP contribution in [0.1, 0.15) is 35.1 Å². The van der Waals surface area contributed by atoms with Gasteiger partial charge in [-0.3, -0.25) is 5.43 Å². The van der Waals surface area contributed by atoms with Crippen LogP contribution < -0.4 is 11.1 Å². The van der Waals surface area contributed by atoms with Gasteiger partial charge in [-0.25, -0.2) is 4.79 Å². The molecule has 0 saturated heterocycles. The Kier molecular flexibility index (Phi) is 3.88. The van der Waals surface area contributed by atoms with Crippen molar-refractivity contribution in [3.05, 3.63) is 63.1 Å². The molecule has 7 heteroatoms.